The number of halogens is 2. The first-order valence-electron chi connectivity index (χ1n) is 38.2. The molecular formula is C88H125ClFN5O5. The van der Waals surface area contributed by atoms with E-state index in [0.29, 0.717) is 42.1 Å². The highest BCUT2D eigenvalue weighted by atomic mass is 35.5. The molecule has 12 heteroatoms. The van der Waals surface area contributed by atoms with Crippen molar-refractivity contribution in [3.05, 3.63) is 220 Å². The van der Waals surface area contributed by atoms with Gasteiger partial charge < -0.3 is 23.9 Å². The minimum atomic E-state index is -0.463. The van der Waals surface area contributed by atoms with E-state index in [4.69, 9.17) is 25.5 Å². The molecule has 100 heavy (non-hydrogen) atoms. The lowest BCUT2D eigenvalue weighted by atomic mass is 9.74. The van der Waals surface area contributed by atoms with Gasteiger partial charge in [0, 0.05) is 67.4 Å². The second-order valence-corrected chi connectivity index (χ2v) is 31.6. The Morgan fingerprint density at radius 1 is 0.620 bits per heavy atom. The van der Waals surface area contributed by atoms with E-state index < -0.39 is 5.60 Å². The van der Waals surface area contributed by atoms with E-state index in [1.54, 1.807) is 18.3 Å². The highest BCUT2D eigenvalue weighted by Gasteiger charge is 2.41. The highest BCUT2D eigenvalue weighted by Crippen LogP contribution is 2.45. The molecule has 4 aliphatic heterocycles. The number of benzene rings is 5. The number of amides is 1. The van der Waals surface area contributed by atoms with Gasteiger partial charge in [-0.1, -0.05) is 223 Å². The zero-order valence-electron chi connectivity index (χ0n) is 63.6. The van der Waals surface area contributed by atoms with Crippen LogP contribution in [0, 0.1) is 72.9 Å². The van der Waals surface area contributed by atoms with Crippen LogP contribution in [0.15, 0.2) is 163 Å². The summed E-state index contributed by atoms with van der Waals surface area (Å²) in [6.07, 6.45) is 17.4. The lowest BCUT2D eigenvalue weighted by molar-refractivity contribution is 0.00347. The number of aromatic nitrogens is 2. The van der Waals surface area contributed by atoms with Crippen molar-refractivity contribution in [1.82, 2.24) is 24.7 Å². The van der Waals surface area contributed by atoms with Gasteiger partial charge in [0.05, 0.1) is 24.1 Å². The molecule has 12 rings (SSSR count). The van der Waals surface area contributed by atoms with Crippen LogP contribution < -0.4 is 4.74 Å². The number of carbonyl (C=O) groups is 1. The third-order valence-electron chi connectivity index (χ3n) is 21.4. The zero-order valence-corrected chi connectivity index (χ0v) is 64.3. The Balaban J connectivity index is 0.000000169. The van der Waals surface area contributed by atoms with Crippen molar-refractivity contribution >= 4 is 17.7 Å². The molecule has 2 aromatic heterocycles. The Morgan fingerprint density at radius 3 is 1.79 bits per heavy atom. The van der Waals surface area contributed by atoms with Crippen LogP contribution in [0.25, 0.3) is 0 Å². The maximum Gasteiger partial charge on any atom is 0.410 e. The SMILES string of the molecule is CC(C)C(c1ccccc1)C1(O)CCCC1.CC(C)C1CCCN(C(=O)OCc2ccccc2)C1.CC(C)C1CCCN(Cc2ccccc2F)C1.CC(C)C1CCCOc2ccccc21.Cc1ccc(C(c2cnco2)C(C)C)cc1Cl.Cc1cccc(CN2CCCC(C(C)C)C2)n1. The van der Waals surface area contributed by atoms with Gasteiger partial charge in [0.25, 0.3) is 0 Å². The maximum atomic E-state index is 13.6. The molecule has 546 valence electrons. The Labute approximate surface area is 608 Å². The van der Waals surface area contributed by atoms with Crippen LogP contribution in [0.5, 0.6) is 5.75 Å². The summed E-state index contributed by atoms with van der Waals surface area (Å²) in [5.74, 6) is 9.14. The standard InChI is InChI=1S/C16H23NO2.C15H22FN.C15H24N2.C15H22O.C14H16ClNO.C13H18O/c1-13(2)15-9-6-10-17(11-15)16(18)19-12-14-7-4-3-5-8-14;1-12(2)13-7-5-9-17(10-13)11-14-6-3-4-8-15(14)16;1-12(2)14-7-5-9-17(10-14)11-15-8-4-6-13(3)16-15;1-12(2)14(13-8-4-3-5-9-13)15(16)10-6-7-11-15;1-9(2)14(13-7-16-8-17-13)11-5-4-10(3)12(15)6-11;1-10(2)11-7-5-9-14-13-8-4-3-6-12(11)13/h3-5,7-8,13,15H,6,9-12H2,1-2H3;3-4,6,8,12-13H,5,7,9-11H2,1-2H3;4,6,8,12,14H,5,7,9-11H2,1-3H3;3-5,8-9,12,14,16H,6-7,10-11H2,1-2H3;4-9,14H,1-3H3;3-4,6,8,10-11H,5,7,9H2,1-2H3. The van der Waals surface area contributed by atoms with Crippen LogP contribution in [-0.2, 0) is 24.4 Å². The number of ether oxygens (including phenoxy) is 2. The zero-order chi connectivity index (χ0) is 72.1. The van der Waals surface area contributed by atoms with Crippen LogP contribution in [0.1, 0.15) is 228 Å². The average Bonchev–Trinajstić information content (AvgIpc) is 1.71. The molecule has 1 saturated carbocycles. The number of nitrogens with zero attached hydrogens (tertiary/aromatic N) is 5. The molecule has 5 aromatic carbocycles. The first-order chi connectivity index (χ1) is 48.0. The normalized spacial score (nSPS) is 19.8. The predicted molar refractivity (Wildman–Crippen MR) is 412 cm³/mol. The van der Waals surface area contributed by atoms with E-state index in [1.165, 1.54) is 99.7 Å². The highest BCUT2D eigenvalue weighted by molar-refractivity contribution is 6.31. The average molecular weight is 1390 g/mol. The number of likely N-dealkylation sites (tertiary alicyclic amines) is 3. The van der Waals surface area contributed by atoms with Crippen LogP contribution in [0.3, 0.4) is 0 Å². The molecule has 6 atom stereocenters. The molecule has 7 aromatic rings. The summed E-state index contributed by atoms with van der Waals surface area (Å²) in [5.41, 5.74) is 8.71. The summed E-state index contributed by atoms with van der Waals surface area (Å²) in [4.78, 5) is 27.4. The van der Waals surface area contributed by atoms with Crippen molar-refractivity contribution in [1.29, 1.82) is 0 Å². The van der Waals surface area contributed by atoms with Crippen molar-refractivity contribution < 1.29 is 28.2 Å². The number of hydrogen-bond acceptors (Lipinski definition) is 9. The van der Waals surface area contributed by atoms with Crippen molar-refractivity contribution in [2.45, 2.75) is 217 Å². The number of carbonyl (C=O) groups excluding carboxylic acids is 1. The van der Waals surface area contributed by atoms with Crippen molar-refractivity contribution in [3.8, 4) is 5.75 Å². The van der Waals surface area contributed by atoms with Crippen molar-refractivity contribution in [2.24, 2.45) is 53.3 Å². The van der Waals surface area contributed by atoms with E-state index in [0.717, 1.165) is 128 Å². The fraction of sp³-hybridized carbons (Fsp3) is 0.557. The van der Waals surface area contributed by atoms with Gasteiger partial charge in [0.15, 0.2) is 6.39 Å². The summed E-state index contributed by atoms with van der Waals surface area (Å²) in [6, 6.07) is 48.4. The third kappa shape index (κ3) is 25.9. The third-order valence-corrected chi connectivity index (χ3v) is 21.8. The molecule has 6 heterocycles. The second kappa shape index (κ2) is 41.7. The van der Waals surface area contributed by atoms with Gasteiger partial charge in [-0.2, -0.15) is 0 Å². The number of pyridine rings is 1. The molecule has 1 amide bonds. The van der Waals surface area contributed by atoms with Crippen molar-refractivity contribution in [3.63, 3.8) is 0 Å². The van der Waals surface area contributed by atoms with Gasteiger partial charge in [0.2, 0.25) is 0 Å². The maximum absolute atomic E-state index is 13.6. The molecule has 0 radical (unpaired) electrons. The summed E-state index contributed by atoms with van der Waals surface area (Å²) in [6.45, 7) is 40.5. The minimum Gasteiger partial charge on any atom is -0.493 e. The Kier molecular flexibility index (Phi) is 33.7. The Bertz CT molecular complexity index is 3410. The van der Waals surface area contributed by atoms with Crippen LogP contribution >= 0.6 is 11.6 Å². The molecule has 4 fully saturated rings. The van der Waals surface area contributed by atoms with E-state index >= 15 is 0 Å². The number of para-hydroxylation sites is 1. The van der Waals surface area contributed by atoms with Gasteiger partial charge in [-0.25, -0.2) is 14.2 Å². The quantitative estimate of drug-likeness (QED) is 0.101. The fourth-order valence-corrected chi connectivity index (χ4v) is 15.6. The van der Waals surface area contributed by atoms with E-state index in [9.17, 15) is 14.3 Å². The van der Waals surface area contributed by atoms with Gasteiger partial charge >= 0.3 is 6.09 Å². The van der Waals surface area contributed by atoms with E-state index in [2.05, 4.69) is 183 Å². The summed E-state index contributed by atoms with van der Waals surface area (Å²) in [7, 11) is 0. The number of fused-ring (bicyclic) bond motifs is 1. The number of rotatable bonds is 16. The summed E-state index contributed by atoms with van der Waals surface area (Å²) >= 11 is 6.18. The number of oxazole rings is 1. The minimum absolute atomic E-state index is 0.0702. The fourth-order valence-electron chi connectivity index (χ4n) is 15.5. The number of aryl methyl sites for hydroxylation is 2. The first-order valence-corrected chi connectivity index (χ1v) is 38.6. The monoisotopic (exact) mass is 1390 g/mol. The van der Waals surface area contributed by atoms with Gasteiger partial charge in [-0.05, 0) is 208 Å². The Morgan fingerprint density at radius 2 is 1.21 bits per heavy atom. The van der Waals surface area contributed by atoms with Crippen LogP contribution in [-0.4, -0.2) is 87.3 Å². The van der Waals surface area contributed by atoms with Gasteiger partial charge in [0.1, 0.15) is 23.9 Å². The lowest BCUT2D eigenvalue weighted by Crippen LogP contribution is -2.41. The largest absolute Gasteiger partial charge is 0.493 e. The second-order valence-electron chi connectivity index (χ2n) is 31.2. The number of aliphatic hydroxyl groups is 1. The molecule has 0 spiro atoms. The van der Waals surface area contributed by atoms with Crippen molar-refractivity contribution in [2.75, 3.05) is 45.9 Å². The lowest BCUT2D eigenvalue weighted by Gasteiger charge is -2.36. The molecule has 1 N–H and O–H groups in total. The summed E-state index contributed by atoms with van der Waals surface area (Å²) in [5, 5.41) is 11.6. The topological polar surface area (TPSA) is 104 Å². The molecule has 0 bridgehead atoms. The van der Waals surface area contributed by atoms with E-state index in [1.807, 2.05) is 72.5 Å². The van der Waals surface area contributed by atoms with E-state index in [-0.39, 0.29) is 23.7 Å². The van der Waals surface area contributed by atoms with Gasteiger partial charge in [-0.3, -0.25) is 14.8 Å². The molecular weight excluding hydrogens is 1260 g/mol. The van der Waals surface area contributed by atoms with Crippen LogP contribution in [0.4, 0.5) is 9.18 Å². The number of piperidine rings is 3. The molecule has 6 unspecified atom stereocenters. The molecule has 3 saturated heterocycles. The summed E-state index contributed by atoms with van der Waals surface area (Å²) < 4.78 is 30.1. The van der Waals surface area contributed by atoms with Gasteiger partial charge in [-0.15, -0.1) is 0 Å². The Hall–Kier alpha value is -6.37. The predicted octanol–water partition coefficient (Wildman–Crippen LogP) is 22.4. The first kappa shape index (κ1) is 80.9. The molecule has 5 aliphatic rings. The smallest absolute Gasteiger partial charge is 0.410 e. The molecule has 10 nitrogen and oxygen atoms in total. The van der Waals surface area contributed by atoms with Crippen LogP contribution in [0.2, 0.25) is 5.02 Å². The number of hydrogen-bond donors (Lipinski definition) is 1. The molecule has 1 aliphatic carbocycles.